The molecule has 0 aliphatic rings. The quantitative estimate of drug-likeness (QED) is 0.218. The predicted octanol–water partition coefficient (Wildman–Crippen LogP) is 5.37. The van der Waals surface area contributed by atoms with Crippen LogP contribution in [0.4, 0.5) is 0 Å². The standard InChI is InChI=1S/C19H34N2O2/c1-3-5-6-7-8-9-10-11-13-19(4-2,16-21-18-23)14-12-15-20-17-22/h3-16H2,1-2H3. The van der Waals surface area contributed by atoms with Crippen LogP contribution >= 0.6 is 0 Å². The summed E-state index contributed by atoms with van der Waals surface area (Å²) >= 11 is 0. The van der Waals surface area contributed by atoms with Gasteiger partial charge in [0.25, 0.3) is 0 Å². The van der Waals surface area contributed by atoms with Crippen molar-refractivity contribution in [2.75, 3.05) is 13.1 Å². The third-order valence-electron chi connectivity index (χ3n) is 4.83. The van der Waals surface area contributed by atoms with Crippen molar-refractivity contribution in [3.8, 4) is 0 Å². The average molecular weight is 322 g/mol. The largest absolute Gasteiger partial charge is 0.234 e. The molecule has 0 fully saturated rings. The molecule has 0 aliphatic carbocycles. The molecule has 0 saturated heterocycles. The Morgan fingerprint density at radius 2 is 1.30 bits per heavy atom. The number of isocyanates is 2. The summed E-state index contributed by atoms with van der Waals surface area (Å²) < 4.78 is 0. The molecule has 0 aromatic heterocycles. The van der Waals surface area contributed by atoms with E-state index in [1.165, 1.54) is 51.4 Å². The molecule has 0 radical (unpaired) electrons. The van der Waals surface area contributed by atoms with E-state index >= 15 is 0 Å². The van der Waals surface area contributed by atoms with E-state index < -0.39 is 0 Å². The Morgan fingerprint density at radius 3 is 1.87 bits per heavy atom. The first-order valence-electron chi connectivity index (χ1n) is 9.32. The third-order valence-corrected chi connectivity index (χ3v) is 4.83. The van der Waals surface area contributed by atoms with Gasteiger partial charge in [-0.25, -0.2) is 19.6 Å². The summed E-state index contributed by atoms with van der Waals surface area (Å²) in [7, 11) is 0. The summed E-state index contributed by atoms with van der Waals surface area (Å²) in [5, 5.41) is 0. The van der Waals surface area contributed by atoms with Crippen LogP contribution in [0, 0.1) is 5.41 Å². The van der Waals surface area contributed by atoms with Gasteiger partial charge < -0.3 is 0 Å². The lowest BCUT2D eigenvalue weighted by Gasteiger charge is -2.30. The Morgan fingerprint density at radius 1 is 0.739 bits per heavy atom. The Balaban J connectivity index is 4.13. The van der Waals surface area contributed by atoms with Crippen molar-refractivity contribution in [2.24, 2.45) is 15.4 Å². The zero-order valence-corrected chi connectivity index (χ0v) is 15.1. The van der Waals surface area contributed by atoms with Gasteiger partial charge in [-0.05, 0) is 31.1 Å². The molecule has 0 bridgehead atoms. The predicted molar refractivity (Wildman–Crippen MR) is 95.2 cm³/mol. The lowest BCUT2D eigenvalue weighted by molar-refractivity contribution is 0.226. The van der Waals surface area contributed by atoms with Gasteiger partial charge in [-0.1, -0.05) is 65.2 Å². The van der Waals surface area contributed by atoms with Gasteiger partial charge in [-0.15, -0.1) is 0 Å². The van der Waals surface area contributed by atoms with Crippen molar-refractivity contribution in [1.82, 2.24) is 0 Å². The summed E-state index contributed by atoms with van der Waals surface area (Å²) in [6, 6.07) is 0. The molecule has 0 amide bonds. The molecule has 0 N–H and O–H groups in total. The number of unbranched alkanes of at least 4 members (excludes halogenated alkanes) is 7. The molecule has 4 nitrogen and oxygen atoms in total. The van der Waals surface area contributed by atoms with Crippen molar-refractivity contribution >= 4 is 12.2 Å². The summed E-state index contributed by atoms with van der Waals surface area (Å²) in [5.41, 5.74) is 0.0675. The number of rotatable bonds is 16. The van der Waals surface area contributed by atoms with E-state index in [1.54, 1.807) is 12.2 Å². The van der Waals surface area contributed by atoms with E-state index in [-0.39, 0.29) is 5.41 Å². The zero-order chi connectivity index (χ0) is 17.2. The topological polar surface area (TPSA) is 58.9 Å². The maximum absolute atomic E-state index is 10.5. The summed E-state index contributed by atoms with van der Waals surface area (Å²) in [4.78, 5) is 28.1. The van der Waals surface area contributed by atoms with Crippen LogP contribution in [0.3, 0.4) is 0 Å². The summed E-state index contributed by atoms with van der Waals surface area (Å²) in [5.74, 6) is 0. The molecular formula is C19H34N2O2. The number of aliphatic imine (C=N–C) groups is 2. The molecule has 1 unspecified atom stereocenters. The molecule has 4 heteroatoms. The van der Waals surface area contributed by atoms with Gasteiger partial charge in [-0.2, -0.15) is 0 Å². The Bertz CT molecular complexity index is 372. The van der Waals surface area contributed by atoms with Gasteiger partial charge in [0.15, 0.2) is 0 Å². The van der Waals surface area contributed by atoms with Crippen LogP contribution in [-0.2, 0) is 9.59 Å². The van der Waals surface area contributed by atoms with Gasteiger partial charge in [0.2, 0.25) is 12.2 Å². The fourth-order valence-electron chi connectivity index (χ4n) is 3.16. The van der Waals surface area contributed by atoms with Crippen molar-refractivity contribution in [1.29, 1.82) is 0 Å². The minimum Gasteiger partial charge on any atom is -0.211 e. The van der Waals surface area contributed by atoms with Crippen LogP contribution in [0.25, 0.3) is 0 Å². The first-order chi connectivity index (χ1) is 11.2. The maximum atomic E-state index is 10.5. The molecular weight excluding hydrogens is 288 g/mol. The number of carbonyl (C=O) groups excluding carboxylic acids is 2. The van der Waals surface area contributed by atoms with E-state index in [0.29, 0.717) is 13.1 Å². The highest BCUT2D eigenvalue weighted by Crippen LogP contribution is 2.35. The Hall–Kier alpha value is -1.24. The van der Waals surface area contributed by atoms with Crippen LogP contribution in [0.1, 0.15) is 90.9 Å². The van der Waals surface area contributed by atoms with Gasteiger partial charge in [0, 0.05) is 0 Å². The second kappa shape index (κ2) is 15.6. The molecule has 0 saturated carbocycles. The smallest absolute Gasteiger partial charge is 0.211 e. The van der Waals surface area contributed by atoms with Crippen molar-refractivity contribution < 1.29 is 9.59 Å². The zero-order valence-electron chi connectivity index (χ0n) is 15.1. The Labute approximate surface area is 141 Å². The number of nitrogens with zero attached hydrogens (tertiary/aromatic N) is 2. The second-order valence-corrected chi connectivity index (χ2v) is 6.56. The fourth-order valence-corrected chi connectivity index (χ4v) is 3.16. The number of hydrogen-bond donors (Lipinski definition) is 0. The van der Waals surface area contributed by atoms with E-state index in [4.69, 9.17) is 0 Å². The number of hydrogen-bond acceptors (Lipinski definition) is 4. The van der Waals surface area contributed by atoms with E-state index in [1.807, 2.05) is 0 Å². The van der Waals surface area contributed by atoms with Crippen LogP contribution in [0.15, 0.2) is 9.98 Å². The van der Waals surface area contributed by atoms with Gasteiger partial charge >= 0.3 is 0 Å². The van der Waals surface area contributed by atoms with E-state index in [0.717, 1.165) is 25.7 Å². The minimum absolute atomic E-state index is 0.0675. The third kappa shape index (κ3) is 11.9. The van der Waals surface area contributed by atoms with Crippen LogP contribution in [0.2, 0.25) is 0 Å². The molecule has 0 spiro atoms. The molecule has 0 aliphatic heterocycles. The van der Waals surface area contributed by atoms with Gasteiger partial charge in [0.1, 0.15) is 0 Å². The lowest BCUT2D eigenvalue weighted by Crippen LogP contribution is -2.24. The van der Waals surface area contributed by atoms with Crippen molar-refractivity contribution in [3.63, 3.8) is 0 Å². The van der Waals surface area contributed by atoms with Crippen molar-refractivity contribution in [3.05, 3.63) is 0 Å². The van der Waals surface area contributed by atoms with Gasteiger partial charge in [0.05, 0.1) is 13.1 Å². The van der Waals surface area contributed by atoms with Crippen LogP contribution in [0.5, 0.6) is 0 Å². The van der Waals surface area contributed by atoms with Gasteiger partial charge in [-0.3, -0.25) is 0 Å². The SMILES string of the molecule is CCCCCCCCCCC(CC)(CCCN=C=O)CN=C=O. The highest BCUT2D eigenvalue weighted by molar-refractivity contribution is 5.33. The van der Waals surface area contributed by atoms with E-state index in [2.05, 4.69) is 23.8 Å². The second-order valence-electron chi connectivity index (χ2n) is 6.56. The molecule has 0 heterocycles. The highest BCUT2D eigenvalue weighted by Gasteiger charge is 2.27. The van der Waals surface area contributed by atoms with Crippen molar-refractivity contribution in [2.45, 2.75) is 90.9 Å². The monoisotopic (exact) mass is 322 g/mol. The summed E-state index contributed by atoms with van der Waals surface area (Å²) in [6.07, 6.45) is 17.6. The normalized spacial score (nSPS) is 13.0. The van der Waals surface area contributed by atoms with Crippen LogP contribution in [-0.4, -0.2) is 25.2 Å². The van der Waals surface area contributed by atoms with Crippen LogP contribution < -0.4 is 0 Å². The summed E-state index contributed by atoms with van der Waals surface area (Å²) in [6.45, 7) is 5.47. The molecule has 132 valence electrons. The molecule has 0 aromatic rings. The average Bonchev–Trinajstić information content (AvgIpc) is 2.58. The fraction of sp³-hybridized carbons (Fsp3) is 0.895. The Kier molecular flexibility index (Phi) is 14.8. The highest BCUT2D eigenvalue weighted by atomic mass is 16.1. The minimum atomic E-state index is 0.0675. The first-order valence-corrected chi connectivity index (χ1v) is 9.32. The molecule has 23 heavy (non-hydrogen) atoms. The molecule has 0 rings (SSSR count). The lowest BCUT2D eigenvalue weighted by atomic mass is 9.76. The van der Waals surface area contributed by atoms with E-state index in [9.17, 15) is 9.59 Å². The first kappa shape index (κ1) is 21.8. The molecule has 0 aromatic carbocycles. The maximum Gasteiger partial charge on any atom is 0.234 e. The molecule has 1 atom stereocenters.